The quantitative estimate of drug-likeness (QED) is 0.692. The molecule has 5 atom stereocenters. The zero-order chi connectivity index (χ0) is 18.2. The summed E-state index contributed by atoms with van der Waals surface area (Å²) in [5.41, 5.74) is 2.10. The normalized spacial score (nSPS) is 42.3. The lowest BCUT2D eigenvalue weighted by molar-refractivity contribution is -0.146. The second-order valence-corrected chi connectivity index (χ2v) is 10.0. The molecule has 4 aliphatic rings. The largest absolute Gasteiger partial charge is 0.468 e. The number of carbonyl (C=O) groups is 2. The van der Waals surface area contributed by atoms with Crippen LogP contribution in [0, 0.1) is 22.7 Å². The average Bonchev–Trinajstić information content (AvgIpc) is 3.22. The van der Waals surface area contributed by atoms with Crippen LogP contribution in [-0.2, 0) is 24.3 Å². The monoisotopic (exact) mass is 369 g/mol. The van der Waals surface area contributed by atoms with Crippen LogP contribution in [-0.4, -0.2) is 55.8 Å². The van der Waals surface area contributed by atoms with Gasteiger partial charge in [-0.3, -0.25) is 15.0 Å². The molecular weight excluding hydrogens is 346 g/mol. The van der Waals surface area contributed by atoms with Gasteiger partial charge >= 0.3 is 5.97 Å². The fourth-order valence-corrected chi connectivity index (χ4v) is 8.19. The number of fused-ring (bicyclic) bond motifs is 1. The number of hydrogen-bond donors (Lipinski definition) is 1. The minimum Gasteiger partial charge on any atom is -0.468 e. The van der Waals surface area contributed by atoms with Gasteiger partial charge in [0.2, 0.25) is 10.0 Å². The van der Waals surface area contributed by atoms with Gasteiger partial charge in [0.25, 0.3) is 5.91 Å². The summed E-state index contributed by atoms with van der Waals surface area (Å²) in [6.07, 6.45) is 3.84. The molecule has 9 heteroatoms. The number of nitrogens with zero attached hydrogens (tertiary/aromatic N) is 2. The predicted octanol–water partition coefficient (Wildman–Crippen LogP) is 0.100. The lowest BCUT2D eigenvalue weighted by atomic mass is 9.69. The van der Waals surface area contributed by atoms with Gasteiger partial charge in [0, 0.05) is 11.6 Å². The number of nitrogens with one attached hydrogen (secondary N) is 1. The minimum absolute atomic E-state index is 0.0103. The van der Waals surface area contributed by atoms with E-state index in [9.17, 15) is 18.0 Å². The van der Waals surface area contributed by atoms with Crippen molar-refractivity contribution in [1.82, 2.24) is 9.73 Å². The highest BCUT2D eigenvalue weighted by Gasteiger charge is 2.72. The van der Waals surface area contributed by atoms with Crippen LogP contribution in [0.4, 0.5) is 0 Å². The maximum absolute atomic E-state index is 13.1. The van der Waals surface area contributed by atoms with Crippen LogP contribution in [0.1, 0.15) is 33.1 Å². The van der Waals surface area contributed by atoms with Gasteiger partial charge in [-0.2, -0.15) is 5.10 Å². The molecular formula is C16H23N3O5S. The van der Waals surface area contributed by atoms with Gasteiger partial charge in [-0.1, -0.05) is 13.8 Å². The highest BCUT2D eigenvalue weighted by Crippen LogP contribution is 2.70. The summed E-state index contributed by atoms with van der Waals surface area (Å²) in [5.74, 6) is -1.68. The lowest BCUT2D eigenvalue weighted by Crippen LogP contribution is -2.53. The van der Waals surface area contributed by atoms with Gasteiger partial charge in [0.05, 0.1) is 18.9 Å². The van der Waals surface area contributed by atoms with Crippen molar-refractivity contribution in [3.8, 4) is 0 Å². The van der Waals surface area contributed by atoms with E-state index in [4.69, 9.17) is 4.74 Å². The Morgan fingerprint density at radius 2 is 2.08 bits per heavy atom. The van der Waals surface area contributed by atoms with Gasteiger partial charge in [0.15, 0.2) is 0 Å². The number of hydrogen-bond acceptors (Lipinski definition) is 7. The Kier molecular flexibility index (Phi) is 3.33. The topological polar surface area (TPSA) is 105 Å². The van der Waals surface area contributed by atoms with Crippen LogP contribution >= 0.6 is 0 Å². The second-order valence-electron chi connectivity index (χ2n) is 8.19. The van der Waals surface area contributed by atoms with E-state index in [0.717, 1.165) is 17.1 Å². The number of ether oxygens (including phenoxy) is 1. The molecule has 1 saturated heterocycles. The van der Waals surface area contributed by atoms with E-state index < -0.39 is 33.9 Å². The molecule has 0 aromatic rings. The summed E-state index contributed by atoms with van der Waals surface area (Å²) < 4.78 is 31.6. The van der Waals surface area contributed by atoms with Crippen LogP contribution in [0.5, 0.6) is 0 Å². The number of esters is 1. The van der Waals surface area contributed by atoms with Crippen molar-refractivity contribution < 1.29 is 22.7 Å². The molecule has 1 spiro atoms. The molecule has 5 unspecified atom stereocenters. The fourth-order valence-electron chi connectivity index (χ4n) is 5.63. The van der Waals surface area contributed by atoms with Gasteiger partial charge < -0.3 is 4.74 Å². The zero-order valence-corrected chi connectivity index (χ0v) is 15.4. The van der Waals surface area contributed by atoms with Crippen molar-refractivity contribution in [2.45, 2.75) is 45.2 Å². The first-order valence-corrected chi connectivity index (χ1v) is 10.2. The molecule has 8 nitrogen and oxygen atoms in total. The Hall–Kier alpha value is -1.64. The molecule has 1 N–H and O–H groups in total. The molecule has 4 rings (SSSR count). The van der Waals surface area contributed by atoms with Crippen LogP contribution in [0.3, 0.4) is 0 Å². The molecule has 3 fully saturated rings. The van der Waals surface area contributed by atoms with Crippen molar-refractivity contribution in [2.24, 2.45) is 27.8 Å². The van der Waals surface area contributed by atoms with E-state index in [1.54, 1.807) is 0 Å². The molecule has 2 bridgehead atoms. The minimum atomic E-state index is -3.72. The molecule has 0 aromatic carbocycles. The molecule has 2 aliphatic carbocycles. The smallest absolute Gasteiger partial charge is 0.316 e. The predicted molar refractivity (Wildman–Crippen MR) is 88.9 cm³/mol. The highest BCUT2D eigenvalue weighted by molar-refractivity contribution is 7.90. The van der Waals surface area contributed by atoms with Crippen LogP contribution in [0.15, 0.2) is 5.10 Å². The SMILES string of the molecule is COC(=O)C1C=NNC1C(=O)N1C2CC3CCC2(CS1(=O)=O)C3(C)C. The van der Waals surface area contributed by atoms with E-state index in [-0.39, 0.29) is 22.6 Å². The van der Waals surface area contributed by atoms with Crippen LogP contribution in [0.2, 0.25) is 0 Å². The molecule has 138 valence electrons. The van der Waals surface area contributed by atoms with Gasteiger partial charge in [-0.25, -0.2) is 12.7 Å². The summed E-state index contributed by atoms with van der Waals surface area (Å²) >= 11 is 0. The fraction of sp³-hybridized carbons (Fsp3) is 0.812. The van der Waals surface area contributed by atoms with E-state index in [1.165, 1.54) is 13.3 Å². The maximum atomic E-state index is 13.1. The third-order valence-electron chi connectivity index (χ3n) is 7.18. The molecule has 0 aromatic heterocycles. The summed E-state index contributed by atoms with van der Waals surface area (Å²) in [5, 5.41) is 3.80. The van der Waals surface area contributed by atoms with Crippen LogP contribution in [0.25, 0.3) is 0 Å². The third kappa shape index (κ3) is 1.93. The number of methoxy groups -OCH3 is 1. The highest BCUT2D eigenvalue weighted by atomic mass is 32.2. The lowest BCUT2D eigenvalue weighted by Gasteiger charge is -2.37. The van der Waals surface area contributed by atoms with Crippen molar-refractivity contribution in [3.63, 3.8) is 0 Å². The Morgan fingerprint density at radius 3 is 2.72 bits per heavy atom. The van der Waals surface area contributed by atoms with Crippen molar-refractivity contribution in [3.05, 3.63) is 0 Å². The van der Waals surface area contributed by atoms with Crippen LogP contribution < -0.4 is 5.43 Å². The third-order valence-corrected chi connectivity index (χ3v) is 9.09. The molecule has 2 aliphatic heterocycles. The Morgan fingerprint density at radius 1 is 1.36 bits per heavy atom. The Labute approximate surface area is 147 Å². The first-order valence-electron chi connectivity index (χ1n) is 8.58. The van der Waals surface area contributed by atoms with E-state index >= 15 is 0 Å². The van der Waals surface area contributed by atoms with E-state index in [2.05, 4.69) is 24.4 Å². The number of sulfonamides is 1. The molecule has 1 amide bonds. The average molecular weight is 369 g/mol. The standard InChI is InChI=1S/C16H23N3O5S/c1-15(2)9-4-5-16(15)8-25(22,23)19(11(16)6-9)13(20)12-10(7-17-18-12)14(21)24-3/h7,9-12,18H,4-6,8H2,1-3H3. The number of carbonyl (C=O) groups excluding carboxylic acids is 2. The summed E-state index contributed by atoms with van der Waals surface area (Å²) in [6, 6.07) is -1.35. The first kappa shape index (κ1) is 16.8. The molecule has 25 heavy (non-hydrogen) atoms. The molecule has 0 radical (unpaired) electrons. The second kappa shape index (κ2) is 4.96. The summed E-state index contributed by atoms with van der Waals surface area (Å²) in [6.45, 7) is 4.25. The van der Waals surface area contributed by atoms with E-state index in [0.29, 0.717) is 12.3 Å². The van der Waals surface area contributed by atoms with Gasteiger partial charge in [-0.05, 0) is 30.6 Å². The molecule has 2 saturated carbocycles. The van der Waals surface area contributed by atoms with Gasteiger partial charge in [-0.15, -0.1) is 0 Å². The summed E-state index contributed by atoms with van der Waals surface area (Å²) in [7, 11) is -2.49. The first-order chi connectivity index (χ1) is 11.7. The summed E-state index contributed by atoms with van der Waals surface area (Å²) in [4.78, 5) is 25.0. The Balaban J connectivity index is 1.69. The maximum Gasteiger partial charge on any atom is 0.316 e. The number of hydrazone groups is 1. The van der Waals surface area contributed by atoms with Crippen molar-refractivity contribution in [2.75, 3.05) is 12.9 Å². The van der Waals surface area contributed by atoms with Crippen molar-refractivity contribution in [1.29, 1.82) is 0 Å². The van der Waals surface area contributed by atoms with E-state index in [1.807, 2.05) is 0 Å². The zero-order valence-electron chi connectivity index (χ0n) is 14.6. The van der Waals surface area contributed by atoms with Crippen molar-refractivity contribution >= 4 is 28.1 Å². The van der Waals surface area contributed by atoms with Gasteiger partial charge in [0.1, 0.15) is 12.0 Å². The Bertz CT molecular complexity index is 777. The number of amides is 1. The number of rotatable bonds is 2. The molecule has 2 heterocycles.